The number of carbonyl (C=O) groups excluding carboxylic acids is 2. The van der Waals surface area contributed by atoms with E-state index in [0.717, 1.165) is 12.5 Å². The number of halogens is 2. The third kappa shape index (κ3) is 3.09. The second-order valence-corrected chi connectivity index (χ2v) is 8.53. The Morgan fingerprint density at radius 1 is 1.31 bits per heavy atom. The first kappa shape index (κ1) is 20.6. The molecule has 0 aliphatic carbocycles. The van der Waals surface area contributed by atoms with Crippen molar-refractivity contribution in [3.8, 4) is 5.75 Å². The van der Waals surface area contributed by atoms with E-state index in [2.05, 4.69) is 5.32 Å². The van der Waals surface area contributed by atoms with E-state index in [9.17, 15) is 28.3 Å². The van der Waals surface area contributed by atoms with Crippen LogP contribution in [-0.2, 0) is 11.3 Å². The summed E-state index contributed by atoms with van der Waals surface area (Å²) in [6.45, 7) is 2.51. The third-order valence-corrected chi connectivity index (χ3v) is 6.78. The summed E-state index contributed by atoms with van der Waals surface area (Å²) in [7, 11) is 0. The number of hydrogen-bond acceptors (Lipinski definition) is 5. The molecule has 168 valence electrons. The van der Waals surface area contributed by atoms with Gasteiger partial charge >= 0.3 is 0 Å². The summed E-state index contributed by atoms with van der Waals surface area (Å²) in [5, 5.41) is 13.0. The Morgan fingerprint density at radius 2 is 2.09 bits per heavy atom. The van der Waals surface area contributed by atoms with Crippen LogP contribution in [0.4, 0.5) is 8.78 Å². The summed E-state index contributed by atoms with van der Waals surface area (Å²) >= 11 is 0. The van der Waals surface area contributed by atoms with Crippen molar-refractivity contribution in [3.05, 3.63) is 63.1 Å². The molecular formula is C22H21F2N3O5. The Hall–Kier alpha value is -3.27. The lowest BCUT2D eigenvalue weighted by atomic mass is 9.98. The molecule has 8 nitrogen and oxygen atoms in total. The van der Waals surface area contributed by atoms with Gasteiger partial charge in [-0.05, 0) is 19.4 Å². The fraction of sp³-hybridized carbons (Fsp3) is 0.409. The molecule has 10 heteroatoms. The summed E-state index contributed by atoms with van der Waals surface area (Å²) in [6, 6.07) is 2.49. The number of rotatable bonds is 3. The highest BCUT2D eigenvalue weighted by Crippen LogP contribution is 2.41. The minimum atomic E-state index is -0.986. The molecule has 1 unspecified atom stereocenters. The number of benzene rings is 1. The summed E-state index contributed by atoms with van der Waals surface area (Å²) in [6.07, 6.45) is 1.78. The number of fused-ring (bicyclic) bond motifs is 7. The molecule has 4 heterocycles. The predicted molar refractivity (Wildman–Crippen MR) is 107 cm³/mol. The number of pyridine rings is 1. The number of nitrogens with one attached hydrogen (secondary N) is 1. The van der Waals surface area contributed by atoms with Gasteiger partial charge in [0.25, 0.3) is 11.8 Å². The van der Waals surface area contributed by atoms with Crippen molar-refractivity contribution in [2.45, 2.75) is 38.1 Å². The van der Waals surface area contributed by atoms with E-state index >= 15 is 0 Å². The third-order valence-electron chi connectivity index (χ3n) is 6.78. The van der Waals surface area contributed by atoms with Gasteiger partial charge in [-0.1, -0.05) is 6.07 Å². The van der Waals surface area contributed by atoms with E-state index < -0.39 is 34.6 Å². The average Bonchev–Trinajstić information content (AvgIpc) is 3.20. The normalized spacial score (nSPS) is 26.0. The summed E-state index contributed by atoms with van der Waals surface area (Å²) in [5.41, 5.74) is -1.48. The van der Waals surface area contributed by atoms with Crippen molar-refractivity contribution in [1.29, 1.82) is 0 Å². The molecule has 2 N–H and O–H groups in total. The van der Waals surface area contributed by atoms with Crippen molar-refractivity contribution in [3.63, 3.8) is 0 Å². The molecule has 3 aliphatic rings. The fourth-order valence-electron chi connectivity index (χ4n) is 4.89. The van der Waals surface area contributed by atoms with E-state index in [1.807, 2.05) is 6.92 Å². The van der Waals surface area contributed by atoms with Gasteiger partial charge in [0.05, 0.1) is 18.8 Å². The molecule has 0 saturated carbocycles. The minimum absolute atomic E-state index is 0.0380. The van der Waals surface area contributed by atoms with Crippen molar-refractivity contribution >= 4 is 11.8 Å². The number of aromatic nitrogens is 1. The van der Waals surface area contributed by atoms with Crippen molar-refractivity contribution in [2.24, 2.45) is 5.92 Å². The van der Waals surface area contributed by atoms with Crippen LogP contribution in [0.5, 0.6) is 5.75 Å². The van der Waals surface area contributed by atoms with Crippen LogP contribution in [0.1, 0.15) is 45.8 Å². The van der Waals surface area contributed by atoms with Crippen molar-refractivity contribution in [1.82, 2.24) is 14.8 Å². The first-order valence-corrected chi connectivity index (χ1v) is 10.4. The van der Waals surface area contributed by atoms with Crippen molar-refractivity contribution < 1.29 is 28.2 Å². The molecule has 32 heavy (non-hydrogen) atoms. The molecule has 1 aromatic carbocycles. The summed E-state index contributed by atoms with van der Waals surface area (Å²) < 4.78 is 34.3. The molecule has 1 aromatic heterocycles. The monoisotopic (exact) mass is 445 g/mol. The maximum Gasteiger partial charge on any atom is 0.274 e. The first-order valence-electron chi connectivity index (χ1n) is 10.4. The largest absolute Gasteiger partial charge is 0.503 e. The van der Waals surface area contributed by atoms with Crippen LogP contribution < -0.4 is 10.7 Å². The topological polar surface area (TPSA) is 101 Å². The minimum Gasteiger partial charge on any atom is -0.503 e. The lowest BCUT2D eigenvalue weighted by molar-refractivity contribution is 0.00885. The highest BCUT2D eigenvalue weighted by Gasteiger charge is 2.48. The summed E-state index contributed by atoms with van der Waals surface area (Å²) in [4.78, 5) is 40.2. The standard InChI is InChI=1S/C22H21F2N3O5/c1-10-12-4-17(32-9-12)16-8-26(10)22(31)18-20(29)19(28)14(7-27(16)18)21(30)25-6-11-2-3-13(23)5-15(11)24/h2-3,5,7,10,12,16-17,29H,4,6,8-9H2,1H3,(H,25,30)/t10-,12?,16+,17+/m0/s1. The zero-order chi connectivity index (χ0) is 22.7. The number of ether oxygens (including phenoxy) is 1. The Morgan fingerprint density at radius 3 is 2.84 bits per heavy atom. The van der Waals surface area contributed by atoms with Gasteiger partial charge in [-0.2, -0.15) is 0 Å². The molecule has 2 saturated heterocycles. The molecule has 0 radical (unpaired) electrons. The predicted octanol–water partition coefficient (Wildman–Crippen LogP) is 1.57. The molecular weight excluding hydrogens is 424 g/mol. The van der Waals surface area contributed by atoms with Gasteiger partial charge in [0.15, 0.2) is 11.4 Å². The Balaban J connectivity index is 1.50. The number of aromatic hydroxyl groups is 1. The molecule has 2 aromatic rings. The van der Waals surface area contributed by atoms with E-state index in [-0.39, 0.29) is 47.5 Å². The number of amides is 2. The van der Waals surface area contributed by atoms with Crippen LogP contribution in [0.25, 0.3) is 0 Å². The van der Waals surface area contributed by atoms with Gasteiger partial charge in [-0.15, -0.1) is 0 Å². The molecule has 4 atom stereocenters. The maximum atomic E-state index is 13.9. The first-order chi connectivity index (χ1) is 15.3. The Kier molecular flexibility index (Phi) is 4.77. The molecule has 5 rings (SSSR count). The second-order valence-electron chi connectivity index (χ2n) is 8.53. The Bertz CT molecular complexity index is 1200. The molecule has 3 aliphatic heterocycles. The van der Waals surface area contributed by atoms with E-state index in [1.165, 1.54) is 16.8 Å². The second kappa shape index (κ2) is 7.40. The average molecular weight is 445 g/mol. The zero-order valence-corrected chi connectivity index (χ0v) is 17.2. The molecule has 2 fully saturated rings. The van der Waals surface area contributed by atoms with Crippen LogP contribution in [0.15, 0.2) is 29.2 Å². The smallest absolute Gasteiger partial charge is 0.274 e. The lowest BCUT2D eigenvalue weighted by Crippen LogP contribution is -2.51. The van der Waals surface area contributed by atoms with Gasteiger partial charge in [-0.3, -0.25) is 14.4 Å². The van der Waals surface area contributed by atoms with Gasteiger partial charge in [-0.25, -0.2) is 8.78 Å². The van der Waals surface area contributed by atoms with Crippen LogP contribution in [-0.4, -0.2) is 51.7 Å². The maximum absolute atomic E-state index is 13.9. The van der Waals surface area contributed by atoms with Gasteiger partial charge in [0.2, 0.25) is 5.43 Å². The van der Waals surface area contributed by atoms with Gasteiger partial charge < -0.3 is 24.6 Å². The number of carbonyl (C=O) groups is 2. The van der Waals surface area contributed by atoms with Crippen LogP contribution in [0.3, 0.4) is 0 Å². The lowest BCUT2D eigenvalue weighted by Gasteiger charge is -2.41. The molecule has 2 amide bonds. The van der Waals surface area contributed by atoms with E-state index in [4.69, 9.17) is 4.74 Å². The Labute approximate surface area is 181 Å². The SMILES string of the molecule is C[C@H]1C2CO[C@H](C2)[C@H]2CN1C(=O)c1c(O)c(=O)c(C(=O)NCc3ccc(F)cc3F)cn12. The van der Waals surface area contributed by atoms with Crippen LogP contribution in [0, 0.1) is 17.6 Å². The van der Waals surface area contributed by atoms with E-state index in [1.54, 1.807) is 4.90 Å². The fourth-order valence-corrected chi connectivity index (χ4v) is 4.89. The number of hydrogen-bond donors (Lipinski definition) is 2. The summed E-state index contributed by atoms with van der Waals surface area (Å²) in [5.74, 6) is -3.52. The zero-order valence-electron chi connectivity index (χ0n) is 17.2. The van der Waals surface area contributed by atoms with Crippen LogP contribution in [0.2, 0.25) is 0 Å². The molecule has 4 bridgehead atoms. The van der Waals surface area contributed by atoms with Crippen molar-refractivity contribution in [2.75, 3.05) is 13.2 Å². The van der Waals surface area contributed by atoms with Gasteiger partial charge in [0, 0.05) is 42.9 Å². The molecule has 0 spiro atoms. The quantitative estimate of drug-likeness (QED) is 0.747. The number of nitrogens with zero attached hydrogens (tertiary/aromatic N) is 2. The van der Waals surface area contributed by atoms with Crippen LogP contribution >= 0.6 is 0 Å². The van der Waals surface area contributed by atoms with Gasteiger partial charge in [0.1, 0.15) is 17.2 Å². The highest BCUT2D eigenvalue weighted by molar-refractivity contribution is 5.99. The highest BCUT2D eigenvalue weighted by atomic mass is 19.1. The van der Waals surface area contributed by atoms with E-state index in [0.29, 0.717) is 19.2 Å².